The molecule has 1 saturated carbocycles. The van der Waals surface area contributed by atoms with Crippen LogP contribution in [-0.4, -0.2) is 6.04 Å². The zero-order valence-electron chi connectivity index (χ0n) is 11.7. The molecule has 2 N–H and O–H groups in total. The van der Waals surface area contributed by atoms with E-state index >= 15 is 0 Å². The van der Waals surface area contributed by atoms with Gasteiger partial charge in [-0.3, -0.25) is 0 Å². The molecule has 1 aliphatic rings. The Morgan fingerprint density at radius 3 is 2.28 bits per heavy atom. The summed E-state index contributed by atoms with van der Waals surface area (Å²) in [5, 5.41) is 0. The van der Waals surface area contributed by atoms with Gasteiger partial charge in [0.15, 0.2) is 0 Å². The van der Waals surface area contributed by atoms with E-state index in [4.69, 9.17) is 5.73 Å². The predicted molar refractivity (Wildman–Crippen MR) is 74.3 cm³/mol. The summed E-state index contributed by atoms with van der Waals surface area (Å²) in [7, 11) is 0. The molecule has 0 bridgehead atoms. The van der Waals surface area contributed by atoms with Gasteiger partial charge in [-0.25, -0.2) is 4.39 Å². The summed E-state index contributed by atoms with van der Waals surface area (Å²) in [4.78, 5) is 0. The van der Waals surface area contributed by atoms with Crippen molar-refractivity contribution in [2.45, 2.75) is 63.8 Å². The Morgan fingerprint density at radius 1 is 1.28 bits per heavy atom. The van der Waals surface area contributed by atoms with Crippen molar-refractivity contribution in [2.24, 2.45) is 5.73 Å². The van der Waals surface area contributed by atoms with Crippen LogP contribution >= 0.6 is 0 Å². The van der Waals surface area contributed by atoms with E-state index in [1.807, 2.05) is 13.0 Å². The minimum Gasteiger partial charge on any atom is -0.327 e. The van der Waals surface area contributed by atoms with Gasteiger partial charge in [-0.1, -0.05) is 26.0 Å². The van der Waals surface area contributed by atoms with Crippen LogP contribution in [0.2, 0.25) is 0 Å². The van der Waals surface area contributed by atoms with Crippen LogP contribution < -0.4 is 5.73 Å². The van der Waals surface area contributed by atoms with Crippen molar-refractivity contribution < 1.29 is 4.39 Å². The van der Waals surface area contributed by atoms with Crippen molar-refractivity contribution in [3.8, 4) is 0 Å². The SMILES string of the molecule is CCC(CC)c1ccc(C2(C(C)N)CC2)cc1F. The lowest BCUT2D eigenvalue weighted by molar-refractivity contribution is 0.533. The summed E-state index contributed by atoms with van der Waals surface area (Å²) in [6, 6.07) is 5.90. The van der Waals surface area contributed by atoms with E-state index in [0.717, 1.165) is 36.8 Å². The highest BCUT2D eigenvalue weighted by Gasteiger charge is 2.47. The molecule has 0 amide bonds. The number of rotatable bonds is 5. The van der Waals surface area contributed by atoms with E-state index in [2.05, 4.69) is 19.9 Å². The number of benzene rings is 1. The first-order valence-electron chi connectivity index (χ1n) is 7.10. The van der Waals surface area contributed by atoms with E-state index in [1.54, 1.807) is 6.07 Å². The molecule has 100 valence electrons. The van der Waals surface area contributed by atoms with Crippen LogP contribution in [-0.2, 0) is 5.41 Å². The summed E-state index contributed by atoms with van der Waals surface area (Å²) >= 11 is 0. The number of hydrogen-bond acceptors (Lipinski definition) is 1. The Kier molecular flexibility index (Phi) is 3.76. The van der Waals surface area contributed by atoms with Crippen LogP contribution in [0.15, 0.2) is 18.2 Å². The molecular formula is C16H24FN. The quantitative estimate of drug-likeness (QED) is 0.835. The Labute approximate surface area is 110 Å². The van der Waals surface area contributed by atoms with E-state index in [9.17, 15) is 4.39 Å². The van der Waals surface area contributed by atoms with Crippen molar-refractivity contribution >= 4 is 0 Å². The van der Waals surface area contributed by atoms with Gasteiger partial charge in [-0.05, 0) is 55.7 Å². The highest BCUT2D eigenvalue weighted by atomic mass is 19.1. The van der Waals surface area contributed by atoms with Crippen molar-refractivity contribution in [2.75, 3.05) is 0 Å². The maximum Gasteiger partial charge on any atom is 0.126 e. The highest BCUT2D eigenvalue weighted by molar-refractivity contribution is 5.37. The number of hydrogen-bond donors (Lipinski definition) is 1. The average molecular weight is 249 g/mol. The molecule has 2 heteroatoms. The van der Waals surface area contributed by atoms with Gasteiger partial charge in [0.25, 0.3) is 0 Å². The molecule has 18 heavy (non-hydrogen) atoms. The first-order valence-corrected chi connectivity index (χ1v) is 7.10. The highest BCUT2D eigenvalue weighted by Crippen LogP contribution is 2.50. The van der Waals surface area contributed by atoms with Gasteiger partial charge in [0.1, 0.15) is 5.82 Å². The first kappa shape index (κ1) is 13.5. The molecule has 0 saturated heterocycles. The maximum absolute atomic E-state index is 14.3. The molecule has 2 rings (SSSR count). The molecule has 0 aromatic heterocycles. The molecule has 1 aromatic rings. The molecule has 1 fully saturated rings. The number of nitrogens with two attached hydrogens (primary N) is 1. The van der Waals surface area contributed by atoms with Crippen molar-refractivity contribution in [3.63, 3.8) is 0 Å². The zero-order valence-corrected chi connectivity index (χ0v) is 11.7. The number of halogens is 1. The second kappa shape index (κ2) is 5.00. The molecule has 0 spiro atoms. The van der Waals surface area contributed by atoms with E-state index in [0.29, 0.717) is 5.92 Å². The lowest BCUT2D eigenvalue weighted by atomic mass is 9.86. The molecule has 1 nitrogen and oxygen atoms in total. The second-order valence-corrected chi connectivity index (χ2v) is 5.69. The summed E-state index contributed by atoms with van der Waals surface area (Å²) in [6.07, 6.45) is 4.17. The molecule has 0 radical (unpaired) electrons. The van der Waals surface area contributed by atoms with Gasteiger partial charge in [0.05, 0.1) is 0 Å². The third kappa shape index (κ3) is 2.18. The largest absolute Gasteiger partial charge is 0.327 e. The van der Waals surface area contributed by atoms with Gasteiger partial charge >= 0.3 is 0 Å². The maximum atomic E-state index is 14.3. The Balaban J connectivity index is 2.31. The smallest absolute Gasteiger partial charge is 0.126 e. The van der Waals surface area contributed by atoms with Gasteiger partial charge in [0, 0.05) is 11.5 Å². The van der Waals surface area contributed by atoms with Crippen LogP contribution in [0.4, 0.5) is 4.39 Å². The molecule has 1 atom stereocenters. The van der Waals surface area contributed by atoms with Gasteiger partial charge in [-0.2, -0.15) is 0 Å². The summed E-state index contributed by atoms with van der Waals surface area (Å²) in [5.41, 5.74) is 8.04. The monoisotopic (exact) mass is 249 g/mol. The van der Waals surface area contributed by atoms with Crippen LogP contribution in [0.1, 0.15) is 63.5 Å². The minimum absolute atomic E-state index is 0.0480. The Morgan fingerprint density at radius 2 is 1.89 bits per heavy atom. The molecule has 0 aliphatic heterocycles. The lowest BCUT2D eigenvalue weighted by Gasteiger charge is -2.22. The fraction of sp³-hybridized carbons (Fsp3) is 0.625. The van der Waals surface area contributed by atoms with Gasteiger partial charge < -0.3 is 5.73 Å². The molecule has 0 heterocycles. The molecule has 1 aromatic carbocycles. The fourth-order valence-electron chi connectivity index (χ4n) is 3.04. The average Bonchev–Trinajstić information content (AvgIpc) is 3.13. The van der Waals surface area contributed by atoms with Crippen LogP contribution in [0.25, 0.3) is 0 Å². The van der Waals surface area contributed by atoms with Crippen molar-refractivity contribution in [3.05, 3.63) is 35.1 Å². The van der Waals surface area contributed by atoms with Crippen LogP contribution in [0, 0.1) is 5.82 Å². The van der Waals surface area contributed by atoms with Crippen LogP contribution in [0.3, 0.4) is 0 Å². The fourth-order valence-corrected chi connectivity index (χ4v) is 3.04. The first-order chi connectivity index (χ1) is 8.55. The molecule has 1 aliphatic carbocycles. The van der Waals surface area contributed by atoms with Gasteiger partial charge in [-0.15, -0.1) is 0 Å². The standard InChI is InChI=1S/C16H24FN/c1-4-12(5-2)14-7-6-13(10-15(14)17)16(8-9-16)11(3)18/h6-7,10-12H,4-5,8-9,18H2,1-3H3. The van der Waals surface area contributed by atoms with Crippen molar-refractivity contribution in [1.82, 2.24) is 0 Å². The summed E-state index contributed by atoms with van der Waals surface area (Å²) in [6.45, 7) is 6.26. The van der Waals surface area contributed by atoms with Crippen molar-refractivity contribution in [1.29, 1.82) is 0 Å². The summed E-state index contributed by atoms with van der Waals surface area (Å²) in [5.74, 6) is 0.289. The normalized spacial score (nSPS) is 19.0. The second-order valence-electron chi connectivity index (χ2n) is 5.69. The van der Waals surface area contributed by atoms with E-state index in [1.165, 1.54) is 0 Å². The lowest BCUT2D eigenvalue weighted by Crippen LogP contribution is -2.31. The molecular weight excluding hydrogens is 225 g/mol. The Hall–Kier alpha value is -0.890. The summed E-state index contributed by atoms with van der Waals surface area (Å²) < 4.78 is 14.3. The zero-order chi connectivity index (χ0) is 13.3. The topological polar surface area (TPSA) is 26.0 Å². The minimum atomic E-state index is -0.0480. The van der Waals surface area contributed by atoms with E-state index < -0.39 is 0 Å². The molecule has 1 unspecified atom stereocenters. The Bertz CT molecular complexity index is 417. The third-order valence-corrected chi connectivity index (χ3v) is 4.66. The van der Waals surface area contributed by atoms with Crippen LogP contribution in [0.5, 0.6) is 0 Å². The van der Waals surface area contributed by atoms with E-state index in [-0.39, 0.29) is 17.3 Å². The predicted octanol–water partition coefficient (Wildman–Crippen LogP) is 4.11. The van der Waals surface area contributed by atoms with Gasteiger partial charge in [0.2, 0.25) is 0 Å². The third-order valence-electron chi connectivity index (χ3n) is 4.66.